The van der Waals surface area contributed by atoms with Crippen LogP contribution in [0, 0.1) is 0 Å². The Morgan fingerprint density at radius 3 is 2.66 bits per heavy atom. The van der Waals surface area contributed by atoms with E-state index in [1.165, 1.54) is 18.3 Å². The lowest BCUT2D eigenvalue weighted by Gasteiger charge is -2.32. The molecule has 0 N–H and O–H groups in total. The summed E-state index contributed by atoms with van der Waals surface area (Å²) in [5.74, 6) is 0.682. The minimum absolute atomic E-state index is 0.107. The summed E-state index contributed by atoms with van der Waals surface area (Å²) in [6.07, 6.45) is 0.383. The van der Waals surface area contributed by atoms with Crippen LogP contribution < -0.4 is 0 Å². The van der Waals surface area contributed by atoms with Gasteiger partial charge in [0.2, 0.25) is 0 Å². The van der Waals surface area contributed by atoms with E-state index < -0.39 is 11.7 Å². The number of carbonyl (C=O) groups is 1. The van der Waals surface area contributed by atoms with Crippen molar-refractivity contribution in [3.05, 3.63) is 71.7 Å². The van der Waals surface area contributed by atoms with Crippen molar-refractivity contribution >= 4 is 17.7 Å². The van der Waals surface area contributed by atoms with Crippen LogP contribution in [0.1, 0.15) is 26.7 Å². The molecule has 1 atom stereocenters. The van der Waals surface area contributed by atoms with Crippen LogP contribution in [0.15, 0.2) is 59.5 Å². The highest BCUT2D eigenvalue weighted by Crippen LogP contribution is 2.35. The number of benzene rings is 1. The highest BCUT2D eigenvalue weighted by Gasteiger charge is 2.31. The van der Waals surface area contributed by atoms with E-state index >= 15 is 0 Å². The van der Waals surface area contributed by atoms with Crippen molar-refractivity contribution in [3.63, 3.8) is 0 Å². The van der Waals surface area contributed by atoms with Gasteiger partial charge >= 0.3 is 6.18 Å². The molecule has 1 aliphatic heterocycles. The van der Waals surface area contributed by atoms with E-state index in [-0.39, 0.29) is 22.5 Å². The molecule has 3 aromatic rings. The number of hydrogen-bond acceptors (Lipinski definition) is 5. The number of aromatic nitrogens is 2. The van der Waals surface area contributed by atoms with E-state index in [1.807, 2.05) is 12.1 Å². The SMILES string of the molecule is O=C(c1cnoc1-c1ccc(C(F)(F)F)cc1)N1CCSC(c2cccnc2)C1. The second-order valence-corrected chi connectivity index (χ2v) is 7.85. The number of rotatable bonds is 3. The van der Waals surface area contributed by atoms with Crippen molar-refractivity contribution in [3.8, 4) is 11.3 Å². The molecule has 5 nitrogen and oxygen atoms in total. The molecule has 0 saturated carbocycles. The number of amides is 1. The molecule has 1 amide bonds. The van der Waals surface area contributed by atoms with Crippen molar-refractivity contribution < 1.29 is 22.5 Å². The van der Waals surface area contributed by atoms with Crippen LogP contribution in [0.3, 0.4) is 0 Å². The summed E-state index contributed by atoms with van der Waals surface area (Å²) in [6, 6.07) is 8.32. The zero-order valence-electron chi connectivity index (χ0n) is 15.1. The lowest BCUT2D eigenvalue weighted by Crippen LogP contribution is -2.39. The maximum absolute atomic E-state index is 13.1. The van der Waals surface area contributed by atoms with Gasteiger partial charge in [0.15, 0.2) is 5.76 Å². The summed E-state index contributed by atoms with van der Waals surface area (Å²) in [5.41, 5.74) is 0.889. The highest BCUT2D eigenvalue weighted by atomic mass is 32.2. The summed E-state index contributed by atoms with van der Waals surface area (Å²) < 4.78 is 43.6. The third-order valence-corrected chi connectivity index (χ3v) is 5.93. The fraction of sp³-hybridized carbons (Fsp3) is 0.250. The van der Waals surface area contributed by atoms with Gasteiger partial charge in [0, 0.05) is 42.0 Å². The Morgan fingerprint density at radius 2 is 1.97 bits per heavy atom. The fourth-order valence-electron chi connectivity index (χ4n) is 3.18. The molecule has 2 aromatic heterocycles. The maximum Gasteiger partial charge on any atom is 0.416 e. The maximum atomic E-state index is 13.1. The Kier molecular flexibility index (Phi) is 5.31. The van der Waals surface area contributed by atoms with Crippen molar-refractivity contribution in [2.24, 2.45) is 0 Å². The van der Waals surface area contributed by atoms with Crippen molar-refractivity contribution in [2.45, 2.75) is 11.4 Å². The number of thioether (sulfide) groups is 1. The summed E-state index contributed by atoms with van der Waals surface area (Å²) in [4.78, 5) is 18.9. The van der Waals surface area contributed by atoms with E-state index in [1.54, 1.807) is 29.1 Å². The Balaban J connectivity index is 1.55. The molecule has 0 spiro atoms. The molecule has 29 heavy (non-hydrogen) atoms. The number of hydrogen-bond donors (Lipinski definition) is 0. The Morgan fingerprint density at radius 1 is 1.17 bits per heavy atom. The smallest absolute Gasteiger partial charge is 0.355 e. The van der Waals surface area contributed by atoms with Gasteiger partial charge in [0.05, 0.1) is 11.8 Å². The Hall–Kier alpha value is -2.81. The minimum Gasteiger partial charge on any atom is -0.355 e. The van der Waals surface area contributed by atoms with E-state index in [0.29, 0.717) is 18.7 Å². The first-order valence-electron chi connectivity index (χ1n) is 8.86. The average molecular weight is 419 g/mol. The quantitative estimate of drug-likeness (QED) is 0.617. The predicted molar refractivity (Wildman–Crippen MR) is 102 cm³/mol. The second-order valence-electron chi connectivity index (χ2n) is 6.54. The van der Waals surface area contributed by atoms with Crippen molar-refractivity contribution in [1.82, 2.24) is 15.0 Å². The molecule has 150 valence electrons. The monoisotopic (exact) mass is 419 g/mol. The van der Waals surface area contributed by atoms with Crippen molar-refractivity contribution in [1.29, 1.82) is 0 Å². The predicted octanol–water partition coefficient (Wildman–Crippen LogP) is 4.69. The molecule has 1 unspecified atom stereocenters. The van der Waals surface area contributed by atoms with Gasteiger partial charge in [-0.3, -0.25) is 9.78 Å². The number of nitrogens with zero attached hydrogens (tertiary/aromatic N) is 3. The standard InChI is InChI=1S/C20H16F3N3O2S/c21-20(22,23)15-5-3-13(4-6-15)18-16(11-25-28-18)19(27)26-8-9-29-17(12-26)14-2-1-7-24-10-14/h1-7,10-11,17H,8-9,12H2. The Bertz CT molecular complexity index is 990. The van der Waals surface area contributed by atoms with Crippen LogP contribution in [0.2, 0.25) is 0 Å². The lowest BCUT2D eigenvalue weighted by atomic mass is 10.1. The molecule has 3 heterocycles. The summed E-state index contributed by atoms with van der Waals surface area (Å²) in [7, 11) is 0. The normalized spacial score (nSPS) is 17.3. The van der Waals surface area contributed by atoms with Gasteiger partial charge < -0.3 is 9.42 Å². The molecule has 1 saturated heterocycles. The fourth-order valence-corrected chi connectivity index (χ4v) is 4.41. The van der Waals surface area contributed by atoms with Crippen molar-refractivity contribution in [2.75, 3.05) is 18.8 Å². The number of alkyl halides is 3. The van der Waals surface area contributed by atoms with Crippen LogP contribution in [0.4, 0.5) is 13.2 Å². The average Bonchev–Trinajstić information content (AvgIpc) is 3.23. The zero-order chi connectivity index (χ0) is 20.4. The molecule has 9 heteroatoms. The van der Waals surface area contributed by atoms with Gasteiger partial charge in [0.1, 0.15) is 5.56 Å². The lowest BCUT2D eigenvalue weighted by molar-refractivity contribution is -0.137. The molecule has 0 aliphatic carbocycles. The topological polar surface area (TPSA) is 59.2 Å². The summed E-state index contributed by atoms with van der Waals surface area (Å²) in [5, 5.41) is 3.81. The molecular formula is C20H16F3N3O2S. The van der Waals surface area contributed by atoms with E-state index in [4.69, 9.17) is 4.52 Å². The van der Waals surface area contributed by atoms with Crippen LogP contribution in [-0.4, -0.2) is 39.8 Å². The first-order valence-corrected chi connectivity index (χ1v) is 9.91. The number of carbonyl (C=O) groups excluding carboxylic acids is 1. The van der Waals surface area contributed by atoms with Crippen LogP contribution in [0.25, 0.3) is 11.3 Å². The summed E-state index contributed by atoms with van der Waals surface area (Å²) in [6.45, 7) is 1.07. The third kappa shape index (κ3) is 4.14. The molecule has 0 radical (unpaired) electrons. The molecule has 0 bridgehead atoms. The third-order valence-electron chi connectivity index (χ3n) is 4.69. The number of pyridine rings is 1. The Labute approximate surface area is 168 Å². The molecule has 4 rings (SSSR count). The second kappa shape index (κ2) is 7.90. The van der Waals surface area contributed by atoms with Crippen LogP contribution in [0.5, 0.6) is 0 Å². The van der Waals surface area contributed by atoms with Gasteiger partial charge in [-0.05, 0) is 23.8 Å². The largest absolute Gasteiger partial charge is 0.416 e. The first-order chi connectivity index (χ1) is 13.9. The molecule has 1 aromatic carbocycles. The molecular weight excluding hydrogens is 403 g/mol. The van der Waals surface area contributed by atoms with Gasteiger partial charge in [-0.25, -0.2) is 0 Å². The molecule has 1 fully saturated rings. The highest BCUT2D eigenvalue weighted by molar-refractivity contribution is 7.99. The first kappa shape index (κ1) is 19.5. The van der Waals surface area contributed by atoms with E-state index in [0.717, 1.165) is 23.4 Å². The van der Waals surface area contributed by atoms with Crippen LogP contribution >= 0.6 is 11.8 Å². The van der Waals surface area contributed by atoms with Gasteiger partial charge in [-0.1, -0.05) is 23.4 Å². The van der Waals surface area contributed by atoms with E-state index in [9.17, 15) is 18.0 Å². The van der Waals surface area contributed by atoms with Gasteiger partial charge in [0.25, 0.3) is 5.91 Å². The zero-order valence-corrected chi connectivity index (χ0v) is 15.9. The van der Waals surface area contributed by atoms with Gasteiger partial charge in [-0.2, -0.15) is 24.9 Å². The molecule has 1 aliphatic rings. The van der Waals surface area contributed by atoms with E-state index in [2.05, 4.69) is 10.1 Å². The van der Waals surface area contributed by atoms with Gasteiger partial charge in [-0.15, -0.1) is 0 Å². The number of halogens is 3. The van der Waals surface area contributed by atoms with Crippen LogP contribution in [-0.2, 0) is 6.18 Å². The minimum atomic E-state index is -4.43. The summed E-state index contributed by atoms with van der Waals surface area (Å²) >= 11 is 1.76.